The fourth-order valence-corrected chi connectivity index (χ4v) is 15.9. The van der Waals surface area contributed by atoms with Crippen molar-refractivity contribution in [3.05, 3.63) is 314 Å². The lowest BCUT2D eigenvalue weighted by atomic mass is 9.98. The van der Waals surface area contributed by atoms with Crippen molar-refractivity contribution < 1.29 is 8.78 Å². The number of rotatable bonds is 7. The Balaban J connectivity index is 0.877. The van der Waals surface area contributed by atoms with E-state index in [1.807, 2.05) is 12.1 Å². The lowest BCUT2D eigenvalue weighted by Crippen LogP contribution is -2.05. The van der Waals surface area contributed by atoms with Crippen molar-refractivity contribution in [3.63, 3.8) is 0 Å². The van der Waals surface area contributed by atoms with Crippen LogP contribution in [0.4, 0.5) is 8.78 Å². The molecule has 0 unspecified atom stereocenters. The van der Waals surface area contributed by atoms with Crippen molar-refractivity contribution in [1.82, 2.24) is 27.4 Å². The van der Waals surface area contributed by atoms with E-state index in [0.717, 1.165) is 154 Å². The molecule has 0 atom stereocenters. The number of hydrogen-bond acceptors (Lipinski definition) is 1. The highest BCUT2D eigenvalue weighted by Gasteiger charge is 2.27. The molecule has 0 fully saturated rings. The van der Waals surface area contributed by atoms with Gasteiger partial charge in [-0.3, -0.25) is 0 Å². The lowest BCUT2D eigenvalue weighted by molar-refractivity contribution is 0.589. The van der Waals surface area contributed by atoms with Gasteiger partial charge in [-0.1, -0.05) is 152 Å². The van der Waals surface area contributed by atoms with E-state index in [1.54, 1.807) is 0 Å². The van der Waals surface area contributed by atoms with Crippen LogP contribution in [0.1, 0.15) is 5.56 Å². The van der Waals surface area contributed by atoms with E-state index in [9.17, 15) is 5.26 Å². The van der Waals surface area contributed by atoms with Crippen molar-refractivity contribution >= 4 is 131 Å². The number of fused-ring (bicyclic) bond motifs is 18. The van der Waals surface area contributed by atoms with Crippen molar-refractivity contribution in [2.75, 3.05) is 0 Å². The van der Waals surface area contributed by atoms with E-state index < -0.39 is 11.6 Å². The first-order valence-electron chi connectivity index (χ1n) is 31.6. The molecule has 0 spiro atoms. The summed E-state index contributed by atoms with van der Waals surface area (Å²) in [5.74, 6) is -1.46. The molecular formula is C85H49F2N7. The van der Waals surface area contributed by atoms with Crippen LogP contribution in [0.2, 0.25) is 0 Å². The maximum absolute atomic E-state index is 17.3. The van der Waals surface area contributed by atoms with Gasteiger partial charge in [-0.15, -0.1) is 0 Å². The molecule has 94 heavy (non-hydrogen) atoms. The molecule has 0 N–H and O–H groups in total. The van der Waals surface area contributed by atoms with Gasteiger partial charge in [0, 0.05) is 92.9 Å². The second-order valence-corrected chi connectivity index (χ2v) is 24.6. The molecule has 438 valence electrons. The lowest BCUT2D eigenvalue weighted by Gasteiger charge is -2.20. The maximum atomic E-state index is 17.3. The predicted octanol–water partition coefficient (Wildman–Crippen LogP) is 22.1. The SMILES string of the molecule is N#Cc1cc(-n2c3ccc(-n4c5ccccc5c5ccccc54)cc3c3cc(-n4c5ccccc5c5ccccc54)ccc32)c(-c2c(F)cccc2F)cc1-n1c2ccc(-n3c4ccccc4c4ccccc43)cc2c2cc(-n3c4ccccc4c4ccccc43)ccc21. The molecule has 0 saturated heterocycles. The van der Waals surface area contributed by atoms with Crippen LogP contribution in [-0.4, -0.2) is 27.4 Å². The van der Waals surface area contributed by atoms with Crippen LogP contribution in [0.3, 0.4) is 0 Å². The Bertz CT molecular complexity index is 6160. The molecule has 20 aromatic rings. The summed E-state index contributed by atoms with van der Waals surface area (Å²) >= 11 is 0. The zero-order valence-corrected chi connectivity index (χ0v) is 50.2. The Morgan fingerprint density at radius 3 is 0.734 bits per heavy atom. The van der Waals surface area contributed by atoms with Crippen molar-refractivity contribution in [2.45, 2.75) is 0 Å². The van der Waals surface area contributed by atoms with Gasteiger partial charge in [0.05, 0.1) is 88.7 Å². The first kappa shape index (κ1) is 52.0. The molecule has 0 amide bonds. The van der Waals surface area contributed by atoms with Crippen LogP contribution >= 0.6 is 0 Å². The fraction of sp³-hybridized carbons (Fsp3) is 0. The maximum Gasteiger partial charge on any atom is 0.134 e. The molecule has 0 bridgehead atoms. The van der Waals surface area contributed by atoms with Crippen LogP contribution in [0.25, 0.3) is 176 Å². The normalized spacial score (nSPS) is 12.1. The molecule has 0 aliphatic heterocycles. The predicted molar refractivity (Wildman–Crippen MR) is 383 cm³/mol. The monoisotopic (exact) mass is 1210 g/mol. The third-order valence-electron chi connectivity index (χ3n) is 19.8. The van der Waals surface area contributed by atoms with Crippen LogP contribution in [0.5, 0.6) is 0 Å². The van der Waals surface area contributed by atoms with Gasteiger partial charge in [0.1, 0.15) is 17.7 Å². The summed E-state index contributed by atoms with van der Waals surface area (Å²) in [7, 11) is 0. The molecule has 9 heteroatoms. The molecule has 20 rings (SSSR count). The van der Waals surface area contributed by atoms with E-state index in [-0.39, 0.29) is 11.1 Å². The smallest absolute Gasteiger partial charge is 0.134 e. The number of nitrogens with zero attached hydrogens (tertiary/aromatic N) is 7. The van der Waals surface area contributed by atoms with E-state index in [4.69, 9.17) is 0 Å². The Kier molecular flexibility index (Phi) is 10.9. The zero-order chi connectivity index (χ0) is 62.0. The topological polar surface area (TPSA) is 53.4 Å². The number of nitriles is 1. The molecule has 6 aromatic heterocycles. The highest BCUT2D eigenvalue weighted by atomic mass is 19.1. The summed E-state index contributed by atoms with van der Waals surface area (Å²) in [5, 5.41) is 24.8. The van der Waals surface area contributed by atoms with Crippen molar-refractivity contribution in [1.29, 1.82) is 5.26 Å². The van der Waals surface area contributed by atoms with Crippen LogP contribution < -0.4 is 0 Å². The third-order valence-corrected chi connectivity index (χ3v) is 19.8. The van der Waals surface area contributed by atoms with Gasteiger partial charge in [-0.25, -0.2) is 8.78 Å². The molecule has 0 saturated carbocycles. The third kappa shape index (κ3) is 7.22. The van der Waals surface area contributed by atoms with Gasteiger partial charge in [-0.05, 0) is 146 Å². The molecule has 0 aliphatic rings. The summed E-state index contributed by atoms with van der Waals surface area (Å²) in [6, 6.07) is 104. The molecule has 0 radical (unpaired) electrons. The number of hydrogen-bond donors (Lipinski definition) is 0. The Hall–Kier alpha value is -12.8. The van der Waals surface area contributed by atoms with E-state index in [2.05, 4.69) is 300 Å². The fourth-order valence-electron chi connectivity index (χ4n) is 15.9. The van der Waals surface area contributed by atoms with E-state index >= 15 is 8.78 Å². The quantitative estimate of drug-likeness (QED) is 0.157. The van der Waals surface area contributed by atoms with Crippen LogP contribution in [-0.2, 0) is 0 Å². The number of aromatic nitrogens is 6. The Labute approximate surface area is 535 Å². The molecule has 7 nitrogen and oxygen atoms in total. The van der Waals surface area contributed by atoms with E-state index in [0.29, 0.717) is 16.9 Å². The van der Waals surface area contributed by atoms with Gasteiger partial charge in [-0.2, -0.15) is 5.26 Å². The molecule has 0 aliphatic carbocycles. The van der Waals surface area contributed by atoms with Gasteiger partial charge in [0.25, 0.3) is 0 Å². The first-order valence-corrected chi connectivity index (χ1v) is 31.6. The number of para-hydroxylation sites is 8. The molecule has 6 heterocycles. The molecule has 14 aromatic carbocycles. The number of halogens is 2. The highest BCUT2D eigenvalue weighted by molar-refractivity contribution is 6.17. The summed E-state index contributed by atoms with van der Waals surface area (Å²) < 4.78 is 48.2. The van der Waals surface area contributed by atoms with Gasteiger partial charge >= 0.3 is 0 Å². The van der Waals surface area contributed by atoms with Gasteiger partial charge in [0.15, 0.2) is 0 Å². The van der Waals surface area contributed by atoms with Gasteiger partial charge in [0.2, 0.25) is 0 Å². The highest BCUT2D eigenvalue weighted by Crippen LogP contribution is 2.46. The minimum Gasteiger partial charge on any atom is -0.309 e. The Morgan fingerprint density at radius 1 is 0.223 bits per heavy atom. The van der Waals surface area contributed by atoms with Gasteiger partial charge < -0.3 is 27.4 Å². The second-order valence-electron chi connectivity index (χ2n) is 24.6. The van der Waals surface area contributed by atoms with Crippen LogP contribution in [0.15, 0.2) is 297 Å². The summed E-state index contributed by atoms with van der Waals surface area (Å²) in [6.45, 7) is 0. The molecular weight excluding hydrogens is 1160 g/mol. The summed E-state index contributed by atoms with van der Waals surface area (Å²) in [5.41, 5.74) is 16.9. The van der Waals surface area contributed by atoms with Crippen molar-refractivity contribution in [2.24, 2.45) is 0 Å². The van der Waals surface area contributed by atoms with Crippen molar-refractivity contribution in [3.8, 4) is 51.3 Å². The minimum absolute atomic E-state index is 0.204. The first-order chi connectivity index (χ1) is 46.5. The average molecular weight is 1210 g/mol. The van der Waals surface area contributed by atoms with Crippen LogP contribution in [0, 0.1) is 23.0 Å². The summed E-state index contributed by atoms with van der Waals surface area (Å²) in [6.07, 6.45) is 0. The number of benzene rings is 14. The largest absolute Gasteiger partial charge is 0.309 e. The standard InChI is InChI=1S/C85H49F2N7/c86-69-26-17-27-70(87)85(69)68-49-83(93-79-40-36-52(89-71-28-9-1-18-56(71)57-19-2-10-29-72(57)89)45-64(79)65-46-53(37-41-80(65)93)90-73-30-11-3-20-58(73)59-21-4-12-31-74(59)90)51(50-88)44-84(68)94-81-42-38-54(91-75-32-13-5-22-60(75)61-23-6-14-33-76(61)91)47-66(81)67-48-55(39-43-82(67)94)92-77-34-15-7-24-62(77)63-25-8-16-35-78(63)92/h1-49H. The average Bonchev–Trinajstić information content (AvgIpc) is 1.74. The minimum atomic E-state index is -0.728. The Morgan fingerprint density at radius 2 is 0.468 bits per heavy atom. The second kappa shape index (κ2) is 19.6. The van der Waals surface area contributed by atoms with E-state index in [1.165, 1.54) is 18.2 Å². The summed E-state index contributed by atoms with van der Waals surface area (Å²) in [4.78, 5) is 0. The zero-order valence-electron chi connectivity index (χ0n) is 50.2.